The highest BCUT2D eigenvalue weighted by atomic mass is 35.5. The number of ether oxygens (including phenoxy) is 1. The van der Waals surface area contributed by atoms with Crippen LogP contribution in [0.15, 0.2) is 48.8 Å². The van der Waals surface area contributed by atoms with E-state index in [-0.39, 0.29) is 42.7 Å². The van der Waals surface area contributed by atoms with Gasteiger partial charge in [0.05, 0.1) is 18.0 Å². The molecule has 0 radical (unpaired) electrons. The molecule has 152 valence electrons. The maximum atomic E-state index is 12.2. The number of hydrogen-bond acceptors (Lipinski definition) is 5. The topological polar surface area (TPSA) is 106 Å². The molecule has 2 aromatic rings. The molecule has 2 amide bonds. The summed E-state index contributed by atoms with van der Waals surface area (Å²) in [4.78, 5) is 28.3. The van der Waals surface area contributed by atoms with Crippen molar-refractivity contribution in [2.24, 2.45) is 5.73 Å². The molecule has 0 aliphatic carbocycles. The van der Waals surface area contributed by atoms with Crippen molar-refractivity contribution in [1.82, 2.24) is 10.3 Å². The van der Waals surface area contributed by atoms with E-state index in [1.165, 1.54) is 0 Å². The van der Waals surface area contributed by atoms with E-state index in [2.05, 4.69) is 15.6 Å². The summed E-state index contributed by atoms with van der Waals surface area (Å²) < 4.78 is 5.57. The summed E-state index contributed by atoms with van der Waals surface area (Å²) in [5.41, 5.74) is 7.64. The van der Waals surface area contributed by atoms with E-state index in [9.17, 15) is 9.59 Å². The molecule has 1 aromatic carbocycles. The van der Waals surface area contributed by atoms with Crippen molar-refractivity contribution in [3.05, 3.63) is 59.9 Å². The lowest BCUT2D eigenvalue weighted by Gasteiger charge is -2.13. The normalized spacial score (nSPS) is 17.8. The number of benzene rings is 1. The van der Waals surface area contributed by atoms with Gasteiger partial charge in [-0.3, -0.25) is 14.6 Å². The van der Waals surface area contributed by atoms with Crippen molar-refractivity contribution in [2.75, 3.05) is 11.9 Å². The summed E-state index contributed by atoms with van der Waals surface area (Å²) in [5, 5.41) is 5.64. The predicted molar refractivity (Wildman–Crippen MR) is 112 cm³/mol. The van der Waals surface area contributed by atoms with Crippen molar-refractivity contribution >= 4 is 42.3 Å². The summed E-state index contributed by atoms with van der Waals surface area (Å²) in [6.45, 7) is 0.822. The molecule has 0 saturated carbocycles. The molecule has 1 fully saturated rings. The molecule has 4 N–H and O–H groups in total. The first-order valence-electron chi connectivity index (χ1n) is 8.59. The van der Waals surface area contributed by atoms with Gasteiger partial charge in [0, 0.05) is 24.8 Å². The first-order valence-corrected chi connectivity index (χ1v) is 8.59. The Balaban J connectivity index is 0.00000196. The van der Waals surface area contributed by atoms with Crippen LogP contribution in [0, 0.1) is 0 Å². The standard InChI is InChI=1S/C19H22N4O3.2ClH/c20-10-16-7-8-17(26-16)19(25)22-11-13-3-5-14(6-4-13)18(24)23-15-2-1-9-21-12-15;;/h1-6,9,12,16-17H,7-8,10-11,20H2,(H,22,25)(H,23,24);2*1H/t16-,17+;;/m1../s1. The van der Waals surface area contributed by atoms with Crippen LogP contribution in [0.25, 0.3) is 0 Å². The first-order chi connectivity index (χ1) is 12.7. The number of carbonyl (C=O) groups is 2. The fraction of sp³-hybridized carbons (Fsp3) is 0.316. The Morgan fingerprint density at radius 2 is 1.89 bits per heavy atom. The molecule has 3 rings (SSSR count). The number of halogens is 2. The Morgan fingerprint density at radius 3 is 2.50 bits per heavy atom. The molecule has 1 aromatic heterocycles. The lowest BCUT2D eigenvalue weighted by molar-refractivity contribution is -0.132. The molecule has 2 atom stereocenters. The molecule has 0 unspecified atom stereocenters. The van der Waals surface area contributed by atoms with Crippen LogP contribution in [0.1, 0.15) is 28.8 Å². The third-order valence-electron chi connectivity index (χ3n) is 4.27. The summed E-state index contributed by atoms with van der Waals surface area (Å²) in [6.07, 6.45) is 4.29. The van der Waals surface area contributed by atoms with Crippen LogP contribution in [-0.2, 0) is 16.1 Å². The monoisotopic (exact) mass is 426 g/mol. The zero-order valence-corrected chi connectivity index (χ0v) is 16.8. The van der Waals surface area contributed by atoms with E-state index in [0.717, 1.165) is 12.0 Å². The van der Waals surface area contributed by atoms with Gasteiger partial charge in [0.25, 0.3) is 5.91 Å². The number of aromatic nitrogens is 1. The van der Waals surface area contributed by atoms with E-state index in [1.54, 1.807) is 36.7 Å². The van der Waals surface area contributed by atoms with E-state index < -0.39 is 6.10 Å². The molecule has 9 heteroatoms. The van der Waals surface area contributed by atoms with Crippen molar-refractivity contribution < 1.29 is 14.3 Å². The second-order valence-electron chi connectivity index (χ2n) is 6.17. The van der Waals surface area contributed by atoms with Gasteiger partial charge >= 0.3 is 0 Å². The van der Waals surface area contributed by atoms with Crippen LogP contribution in [0.3, 0.4) is 0 Å². The zero-order chi connectivity index (χ0) is 18.4. The third-order valence-corrected chi connectivity index (χ3v) is 4.27. The Bertz CT molecular complexity index is 760. The fourth-order valence-corrected chi connectivity index (χ4v) is 2.79. The number of amides is 2. The fourth-order valence-electron chi connectivity index (χ4n) is 2.79. The van der Waals surface area contributed by atoms with E-state index >= 15 is 0 Å². The Morgan fingerprint density at radius 1 is 1.14 bits per heavy atom. The minimum atomic E-state index is -0.423. The van der Waals surface area contributed by atoms with Crippen molar-refractivity contribution in [3.8, 4) is 0 Å². The van der Waals surface area contributed by atoms with Gasteiger partial charge < -0.3 is 21.1 Å². The van der Waals surface area contributed by atoms with Crippen LogP contribution in [-0.4, -0.2) is 35.6 Å². The number of nitrogens with two attached hydrogens (primary N) is 1. The number of anilines is 1. The Hall–Kier alpha value is -2.19. The smallest absolute Gasteiger partial charge is 0.255 e. The molecule has 28 heavy (non-hydrogen) atoms. The third kappa shape index (κ3) is 6.45. The molecule has 1 aliphatic rings. The molecule has 0 spiro atoms. The average molecular weight is 427 g/mol. The first kappa shape index (κ1) is 23.8. The summed E-state index contributed by atoms with van der Waals surface area (Å²) in [7, 11) is 0. The highest BCUT2D eigenvalue weighted by Crippen LogP contribution is 2.19. The lowest BCUT2D eigenvalue weighted by atomic mass is 10.1. The van der Waals surface area contributed by atoms with Gasteiger partial charge in [-0.2, -0.15) is 0 Å². The Kier molecular flexibility index (Phi) is 9.89. The number of carbonyl (C=O) groups excluding carboxylic acids is 2. The van der Waals surface area contributed by atoms with Gasteiger partial charge in [-0.15, -0.1) is 24.8 Å². The predicted octanol–water partition coefficient (Wildman–Crippen LogP) is 2.30. The highest BCUT2D eigenvalue weighted by Gasteiger charge is 2.29. The van der Waals surface area contributed by atoms with Gasteiger partial charge in [-0.05, 0) is 42.7 Å². The van der Waals surface area contributed by atoms with Crippen LogP contribution >= 0.6 is 24.8 Å². The maximum absolute atomic E-state index is 12.2. The number of nitrogens with zero attached hydrogens (tertiary/aromatic N) is 1. The summed E-state index contributed by atoms with van der Waals surface area (Å²) in [6, 6.07) is 10.6. The molecular weight excluding hydrogens is 403 g/mol. The second kappa shape index (κ2) is 11.6. The highest BCUT2D eigenvalue weighted by molar-refractivity contribution is 6.04. The van der Waals surface area contributed by atoms with Crippen molar-refractivity contribution in [3.63, 3.8) is 0 Å². The number of hydrogen-bond donors (Lipinski definition) is 3. The number of rotatable bonds is 6. The number of pyridine rings is 1. The van der Waals surface area contributed by atoms with Crippen LogP contribution < -0.4 is 16.4 Å². The minimum Gasteiger partial charge on any atom is -0.364 e. The van der Waals surface area contributed by atoms with Crippen LogP contribution in [0.2, 0.25) is 0 Å². The van der Waals surface area contributed by atoms with Crippen molar-refractivity contribution in [1.29, 1.82) is 0 Å². The molecule has 2 heterocycles. The molecule has 7 nitrogen and oxygen atoms in total. The van der Waals surface area contributed by atoms with E-state index in [4.69, 9.17) is 10.5 Å². The molecule has 0 bridgehead atoms. The van der Waals surface area contributed by atoms with Gasteiger partial charge in [0.1, 0.15) is 6.10 Å². The largest absolute Gasteiger partial charge is 0.364 e. The van der Waals surface area contributed by atoms with Gasteiger partial charge in [-0.25, -0.2) is 0 Å². The quantitative estimate of drug-likeness (QED) is 0.656. The molecule has 1 saturated heterocycles. The van der Waals surface area contributed by atoms with Crippen LogP contribution in [0.5, 0.6) is 0 Å². The van der Waals surface area contributed by atoms with Crippen molar-refractivity contribution in [2.45, 2.75) is 31.6 Å². The van der Waals surface area contributed by atoms with Gasteiger partial charge in [0.2, 0.25) is 5.91 Å². The minimum absolute atomic E-state index is 0. The molecular formula is C19H24Cl2N4O3. The maximum Gasteiger partial charge on any atom is 0.255 e. The second-order valence-corrected chi connectivity index (χ2v) is 6.17. The summed E-state index contributed by atoms with van der Waals surface area (Å²) in [5.74, 6) is -0.333. The Labute approximate surface area is 176 Å². The summed E-state index contributed by atoms with van der Waals surface area (Å²) >= 11 is 0. The van der Waals surface area contributed by atoms with Crippen LogP contribution in [0.4, 0.5) is 5.69 Å². The lowest BCUT2D eigenvalue weighted by Crippen LogP contribution is -2.35. The van der Waals surface area contributed by atoms with E-state index in [0.29, 0.717) is 30.8 Å². The van der Waals surface area contributed by atoms with Gasteiger partial charge in [0.15, 0.2) is 0 Å². The average Bonchev–Trinajstić information content (AvgIpc) is 3.17. The SMILES string of the molecule is Cl.Cl.NC[C@H]1CC[C@@H](C(=O)NCc2ccc(C(=O)Nc3cccnc3)cc2)O1. The van der Waals surface area contributed by atoms with Gasteiger partial charge in [-0.1, -0.05) is 12.1 Å². The molecule has 1 aliphatic heterocycles. The number of nitrogens with one attached hydrogen (secondary N) is 2. The zero-order valence-electron chi connectivity index (χ0n) is 15.2. The van der Waals surface area contributed by atoms with E-state index in [1.807, 2.05) is 12.1 Å².